The van der Waals surface area contributed by atoms with Gasteiger partial charge in [0.15, 0.2) is 6.10 Å². The van der Waals surface area contributed by atoms with Gasteiger partial charge in [-0.3, -0.25) is 18.6 Å². The summed E-state index contributed by atoms with van der Waals surface area (Å²) in [6.45, 7) is 3.48. The lowest BCUT2D eigenvalue weighted by Crippen LogP contribution is -2.29. The molecule has 0 aromatic heterocycles. The van der Waals surface area contributed by atoms with Crippen molar-refractivity contribution in [2.45, 2.75) is 168 Å². The van der Waals surface area contributed by atoms with Crippen molar-refractivity contribution < 1.29 is 37.6 Å². The Hall–Kier alpha value is -2.81. The summed E-state index contributed by atoms with van der Waals surface area (Å²) >= 11 is 0. The van der Waals surface area contributed by atoms with Gasteiger partial charge in [0.1, 0.15) is 6.61 Å². The van der Waals surface area contributed by atoms with E-state index in [9.17, 15) is 19.0 Å². The topological polar surface area (TPSA) is 134 Å². The van der Waals surface area contributed by atoms with E-state index in [2.05, 4.69) is 80.7 Å². The van der Waals surface area contributed by atoms with Crippen molar-refractivity contribution >= 4 is 19.8 Å². The summed E-state index contributed by atoms with van der Waals surface area (Å²) in [7, 11) is -4.41. The van der Waals surface area contributed by atoms with Gasteiger partial charge in [0.25, 0.3) is 0 Å². The van der Waals surface area contributed by atoms with Crippen LogP contribution in [0.2, 0.25) is 0 Å². The summed E-state index contributed by atoms with van der Waals surface area (Å²) in [4.78, 5) is 34.8. The van der Waals surface area contributed by atoms with E-state index in [0.29, 0.717) is 12.8 Å². The lowest BCUT2D eigenvalue weighted by atomic mass is 10.0. The Morgan fingerprint density at radius 2 is 0.982 bits per heavy atom. The molecule has 3 N–H and O–H groups in total. The second-order valence-electron chi connectivity index (χ2n) is 13.8. The number of unbranched alkanes of at least 4 members (excludes halogenated alkanes) is 12. The number of allylic oxidation sites excluding steroid dienone is 14. The first-order valence-electron chi connectivity index (χ1n) is 21.6. The monoisotopic (exact) mass is 804 g/mol. The molecule has 0 radical (unpaired) electrons. The minimum Gasteiger partial charge on any atom is -0.462 e. The molecule has 0 amide bonds. The third-order valence-electron chi connectivity index (χ3n) is 8.54. The van der Waals surface area contributed by atoms with Crippen molar-refractivity contribution in [3.05, 3.63) is 85.1 Å². The second kappa shape index (κ2) is 41.8. The van der Waals surface area contributed by atoms with Crippen LogP contribution in [0, 0.1) is 0 Å². The molecule has 56 heavy (non-hydrogen) atoms. The van der Waals surface area contributed by atoms with E-state index in [1.165, 1.54) is 70.6 Å². The molecule has 0 heterocycles. The number of carbonyl (C=O) groups excluding carboxylic acids is 2. The van der Waals surface area contributed by atoms with Crippen LogP contribution in [-0.2, 0) is 32.7 Å². The first-order valence-corrected chi connectivity index (χ1v) is 23.1. The van der Waals surface area contributed by atoms with Gasteiger partial charge >= 0.3 is 19.8 Å². The largest absolute Gasteiger partial charge is 0.472 e. The van der Waals surface area contributed by atoms with Crippen molar-refractivity contribution in [1.82, 2.24) is 0 Å². The summed E-state index contributed by atoms with van der Waals surface area (Å²) in [5.74, 6) is -0.990. The molecule has 2 unspecified atom stereocenters. The van der Waals surface area contributed by atoms with E-state index in [-0.39, 0.29) is 32.6 Å². The molecule has 320 valence electrons. The second-order valence-corrected chi connectivity index (χ2v) is 15.3. The zero-order chi connectivity index (χ0) is 41.1. The molecular weight excluding hydrogens is 725 g/mol. The number of hydrogen-bond donors (Lipinski definition) is 2. The Kier molecular flexibility index (Phi) is 39.7. The van der Waals surface area contributed by atoms with E-state index >= 15 is 0 Å². The van der Waals surface area contributed by atoms with E-state index < -0.39 is 32.5 Å². The van der Waals surface area contributed by atoms with Crippen LogP contribution in [0.25, 0.3) is 0 Å². The smallest absolute Gasteiger partial charge is 0.462 e. The molecule has 0 bridgehead atoms. The lowest BCUT2D eigenvalue weighted by Gasteiger charge is -2.19. The first-order chi connectivity index (χ1) is 27.3. The number of phosphoric ester groups is 1. The van der Waals surface area contributed by atoms with Crippen LogP contribution in [0.4, 0.5) is 0 Å². The maximum Gasteiger partial charge on any atom is 0.472 e. The van der Waals surface area contributed by atoms with E-state index in [0.717, 1.165) is 51.4 Å². The molecule has 0 spiro atoms. The molecule has 0 aromatic carbocycles. The van der Waals surface area contributed by atoms with Crippen LogP contribution < -0.4 is 5.73 Å². The van der Waals surface area contributed by atoms with Crippen LogP contribution in [0.15, 0.2) is 85.1 Å². The van der Waals surface area contributed by atoms with Crippen molar-refractivity contribution in [3.63, 3.8) is 0 Å². The molecule has 0 saturated carbocycles. The number of ether oxygens (including phenoxy) is 2. The zero-order valence-corrected chi connectivity index (χ0v) is 36.0. The number of hydrogen-bond acceptors (Lipinski definition) is 8. The van der Waals surface area contributed by atoms with Gasteiger partial charge in [0, 0.05) is 19.4 Å². The fraction of sp³-hybridized carbons (Fsp3) is 0.652. The average molecular weight is 804 g/mol. The zero-order valence-electron chi connectivity index (χ0n) is 35.1. The van der Waals surface area contributed by atoms with Crippen LogP contribution >= 0.6 is 7.82 Å². The summed E-state index contributed by atoms with van der Waals surface area (Å²) in [6.07, 6.45) is 52.2. The van der Waals surface area contributed by atoms with Crippen molar-refractivity contribution in [3.8, 4) is 0 Å². The fourth-order valence-corrected chi connectivity index (χ4v) is 6.15. The van der Waals surface area contributed by atoms with E-state index in [1.807, 2.05) is 18.2 Å². The average Bonchev–Trinajstić information content (AvgIpc) is 3.18. The van der Waals surface area contributed by atoms with Crippen LogP contribution in [0.1, 0.15) is 162 Å². The highest BCUT2D eigenvalue weighted by Gasteiger charge is 2.25. The van der Waals surface area contributed by atoms with Gasteiger partial charge in [-0.15, -0.1) is 0 Å². The molecule has 2 atom stereocenters. The Bertz CT molecular complexity index is 1190. The van der Waals surface area contributed by atoms with Crippen LogP contribution in [0.5, 0.6) is 0 Å². The van der Waals surface area contributed by atoms with Gasteiger partial charge in [-0.1, -0.05) is 170 Å². The van der Waals surface area contributed by atoms with Crippen molar-refractivity contribution in [2.75, 3.05) is 26.4 Å². The Labute approximate surface area is 341 Å². The summed E-state index contributed by atoms with van der Waals surface area (Å²) in [5.41, 5.74) is 5.34. The number of carbonyl (C=O) groups is 2. The minimum atomic E-state index is -4.41. The highest BCUT2D eigenvalue weighted by Crippen LogP contribution is 2.43. The predicted octanol–water partition coefficient (Wildman–Crippen LogP) is 12.4. The van der Waals surface area contributed by atoms with E-state index in [4.69, 9.17) is 24.3 Å². The molecule has 9 nitrogen and oxygen atoms in total. The van der Waals surface area contributed by atoms with Gasteiger partial charge in [-0.05, 0) is 64.2 Å². The Morgan fingerprint density at radius 1 is 0.554 bits per heavy atom. The standard InChI is InChI=1S/C46H78NO8P/c1-3-5-7-9-11-13-15-17-19-21-22-23-25-27-29-31-33-35-37-39-46(49)55-44(43-54-56(50,51)53-41-40-47)42-52-45(48)38-36-34-32-30-28-26-24-20-18-16-14-12-10-8-6-4-2/h5,7,11,13,17,19,22-23,27,29,32-35,44H,3-4,6,8-10,12,14-16,18,20-21,24-26,28,30-31,36-43,47H2,1-2H3,(H,50,51). The van der Waals surface area contributed by atoms with E-state index in [1.54, 1.807) is 0 Å². The molecule has 0 aliphatic carbocycles. The Balaban J connectivity index is 4.34. The molecule has 0 saturated heterocycles. The normalized spacial score (nSPS) is 14.1. The summed E-state index contributed by atoms with van der Waals surface area (Å²) < 4.78 is 32.6. The van der Waals surface area contributed by atoms with Crippen LogP contribution in [0.3, 0.4) is 0 Å². The van der Waals surface area contributed by atoms with Crippen molar-refractivity contribution in [2.24, 2.45) is 5.73 Å². The molecular formula is C46H78NO8P. The number of rotatable bonds is 39. The van der Waals surface area contributed by atoms with Gasteiger partial charge in [0.05, 0.1) is 13.2 Å². The predicted molar refractivity (Wildman–Crippen MR) is 233 cm³/mol. The third kappa shape index (κ3) is 40.8. The SMILES string of the molecule is CCC=CCC=CCC=CCC=CCC=CCC=CCCC(=O)OC(COC(=O)CCC=CCCCCCCCCCCCCCC)COP(=O)(O)OCCN. The van der Waals surface area contributed by atoms with Crippen LogP contribution in [-0.4, -0.2) is 49.3 Å². The Morgan fingerprint density at radius 3 is 1.48 bits per heavy atom. The van der Waals surface area contributed by atoms with Gasteiger partial charge in [-0.2, -0.15) is 0 Å². The fourth-order valence-electron chi connectivity index (χ4n) is 5.38. The molecule has 0 aliphatic rings. The maximum absolute atomic E-state index is 12.5. The molecule has 10 heteroatoms. The first kappa shape index (κ1) is 53.2. The number of esters is 2. The molecule has 0 rings (SSSR count). The van der Waals surface area contributed by atoms with Gasteiger partial charge in [-0.25, -0.2) is 4.57 Å². The van der Waals surface area contributed by atoms with Gasteiger partial charge in [0.2, 0.25) is 0 Å². The summed E-state index contributed by atoms with van der Waals surface area (Å²) in [6, 6.07) is 0. The number of phosphoric acid groups is 1. The number of nitrogens with two attached hydrogens (primary N) is 1. The highest BCUT2D eigenvalue weighted by molar-refractivity contribution is 7.47. The highest BCUT2D eigenvalue weighted by atomic mass is 31.2. The maximum atomic E-state index is 12.5. The van der Waals surface area contributed by atoms with Crippen molar-refractivity contribution in [1.29, 1.82) is 0 Å². The van der Waals surface area contributed by atoms with Gasteiger partial charge < -0.3 is 20.1 Å². The quantitative estimate of drug-likeness (QED) is 0.0269. The lowest BCUT2D eigenvalue weighted by molar-refractivity contribution is -0.161. The summed E-state index contributed by atoms with van der Waals surface area (Å²) in [5, 5.41) is 0. The molecule has 0 aromatic rings. The molecule has 0 aliphatic heterocycles. The minimum absolute atomic E-state index is 0.0341. The molecule has 0 fully saturated rings. The third-order valence-corrected chi connectivity index (χ3v) is 9.53.